The maximum atomic E-state index is 12.4. The summed E-state index contributed by atoms with van der Waals surface area (Å²) in [6.07, 6.45) is 3.31. The van der Waals surface area contributed by atoms with Crippen molar-refractivity contribution in [1.29, 1.82) is 0 Å². The number of carbonyl (C=O) groups excluding carboxylic acids is 2. The van der Waals surface area contributed by atoms with Crippen LogP contribution >= 0.6 is 12.4 Å². The lowest BCUT2D eigenvalue weighted by molar-refractivity contribution is -0.134. The molecular formula is C20H32ClN3O3. The quantitative estimate of drug-likeness (QED) is 0.772. The van der Waals surface area contributed by atoms with Crippen LogP contribution in [0.3, 0.4) is 0 Å². The molecule has 152 valence electrons. The van der Waals surface area contributed by atoms with Gasteiger partial charge in [0, 0.05) is 30.7 Å². The Bertz CT molecular complexity index is 647. The first-order valence-corrected chi connectivity index (χ1v) is 9.28. The first kappa shape index (κ1) is 23.2. The van der Waals surface area contributed by atoms with Gasteiger partial charge >= 0.3 is 0 Å². The van der Waals surface area contributed by atoms with Crippen LogP contribution in [0.2, 0.25) is 0 Å². The third kappa shape index (κ3) is 6.40. The molecule has 27 heavy (non-hydrogen) atoms. The summed E-state index contributed by atoms with van der Waals surface area (Å²) in [5.74, 6) is 0.530. The molecule has 1 aliphatic rings. The summed E-state index contributed by atoms with van der Waals surface area (Å²) in [5.41, 5.74) is 7.46. The molecule has 0 aliphatic carbocycles. The van der Waals surface area contributed by atoms with Crippen molar-refractivity contribution < 1.29 is 14.3 Å². The van der Waals surface area contributed by atoms with Gasteiger partial charge in [-0.2, -0.15) is 0 Å². The zero-order valence-corrected chi connectivity index (χ0v) is 17.6. The van der Waals surface area contributed by atoms with Gasteiger partial charge < -0.3 is 20.7 Å². The van der Waals surface area contributed by atoms with Gasteiger partial charge in [0.15, 0.2) is 6.61 Å². The van der Waals surface area contributed by atoms with Crippen molar-refractivity contribution in [2.75, 3.05) is 26.2 Å². The smallest absolute Gasteiger partial charge is 0.260 e. The van der Waals surface area contributed by atoms with Crippen LogP contribution in [0.1, 0.15) is 54.6 Å². The molecule has 0 spiro atoms. The topological polar surface area (TPSA) is 84.7 Å². The van der Waals surface area contributed by atoms with Crippen LogP contribution in [0.25, 0.3) is 0 Å². The molecule has 0 saturated carbocycles. The number of nitrogens with one attached hydrogen (secondary N) is 1. The van der Waals surface area contributed by atoms with E-state index in [0.29, 0.717) is 17.9 Å². The SMILES string of the molecule is Cc1cc(C(=O)NC(C)(C)CN)cc(C)c1OCC(=O)N1CCCCC1.Cl. The Kier molecular flexibility index (Phi) is 8.57. The van der Waals surface area contributed by atoms with E-state index in [2.05, 4.69) is 5.32 Å². The van der Waals surface area contributed by atoms with Crippen LogP contribution < -0.4 is 15.8 Å². The minimum Gasteiger partial charge on any atom is -0.483 e. The van der Waals surface area contributed by atoms with E-state index in [1.54, 1.807) is 12.1 Å². The number of nitrogens with zero attached hydrogens (tertiary/aromatic N) is 1. The molecule has 0 unspecified atom stereocenters. The van der Waals surface area contributed by atoms with E-state index < -0.39 is 5.54 Å². The van der Waals surface area contributed by atoms with Crippen LogP contribution in [-0.4, -0.2) is 48.5 Å². The van der Waals surface area contributed by atoms with E-state index in [1.165, 1.54) is 6.42 Å². The van der Waals surface area contributed by atoms with Crippen LogP contribution in [0, 0.1) is 13.8 Å². The number of piperidine rings is 1. The number of likely N-dealkylation sites (tertiary alicyclic amines) is 1. The molecule has 7 heteroatoms. The van der Waals surface area contributed by atoms with Crippen molar-refractivity contribution in [2.24, 2.45) is 5.73 Å². The number of amides is 2. The Morgan fingerprint density at radius 3 is 2.22 bits per heavy atom. The number of halogens is 1. The number of aryl methyl sites for hydroxylation is 2. The highest BCUT2D eigenvalue weighted by Crippen LogP contribution is 2.25. The zero-order chi connectivity index (χ0) is 19.3. The summed E-state index contributed by atoms with van der Waals surface area (Å²) < 4.78 is 5.80. The Balaban J connectivity index is 0.00000364. The average molecular weight is 398 g/mol. The molecule has 0 atom stereocenters. The summed E-state index contributed by atoms with van der Waals surface area (Å²) in [6, 6.07) is 3.57. The number of hydrogen-bond acceptors (Lipinski definition) is 4. The predicted octanol–water partition coefficient (Wildman–Crippen LogP) is 2.58. The number of ether oxygens (including phenoxy) is 1. The Morgan fingerprint density at radius 2 is 1.70 bits per heavy atom. The second-order valence-corrected chi connectivity index (χ2v) is 7.71. The second-order valence-electron chi connectivity index (χ2n) is 7.71. The van der Waals surface area contributed by atoms with Gasteiger partial charge in [-0.25, -0.2) is 0 Å². The summed E-state index contributed by atoms with van der Waals surface area (Å²) >= 11 is 0. The number of hydrogen-bond donors (Lipinski definition) is 2. The number of nitrogens with two attached hydrogens (primary N) is 1. The Labute approximate surface area is 168 Å². The predicted molar refractivity (Wildman–Crippen MR) is 110 cm³/mol. The maximum Gasteiger partial charge on any atom is 0.260 e. The number of rotatable bonds is 6. The lowest BCUT2D eigenvalue weighted by Crippen LogP contribution is -2.48. The van der Waals surface area contributed by atoms with Crippen molar-refractivity contribution in [3.05, 3.63) is 28.8 Å². The minimum atomic E-state index is -0.463. The third-order valence-electron chi connectivity index (χ3n) is 4.73. The highest BCUT2D eigenvalue weighted by molar-refractivity contribution is 5.95. The largest absolute Gasteiger partial charge is 0.483 e. The third-order valence-corrected chi connectivity index (χ3v) is 4.73. The fourth-order valence-electron chi connectivity index (χ4n) is 3.11. The van der Waals surface area contributed by atoms with Crippen molar-refractivity contribution in [3.63, 3.8) is 0 Å². The van der Waals surface area contributed by atoms with E-state index in [0.717, 1.165) is 37.1 Å². The summed E-state index contributed by atoms with van der Waals surface area (Å²) in [6.45, 7) is 9.57. The lowest BCUT2D eigenvalue weighted by atomic mass is 10.0. The van der Waals surface area contributed by atoms with Crippen LogP contribution in [-0.2, 0) is 4.79 Å². The van der Waals surface area contributed by atoms with E-state index in [9.17, 15) is 9.59 Å². The zero-order valence-electron chi connectivity index (χ0n) is 16.8. The monoisotopic (exact) mass is 397 g/mol. The molecular weight excluding hydrogens is 366 g/mol. The molecule has 1 aromatic rings. The Hall–Kier alpha value is -1.79. The summed E-state index contributed by atoms with van der Waals surface area (Å²) in [4.78, 5) is 26.6. The van der Waals surface area contributed by atoms with Gasteiger partial charge in [0.1, 0.15) is 5.75 Å². The summed E-state index contributed by atoms with van der Waals surface area (Å²) in [7, 11) is 0. The minimum absolute atomic E-state index is 0. The number of carbonyl (C=O) groups is 2. The summed E-state index contributed by atoms with van der Waals surface area (Å²) in [5, 5.41) is 2.92. The second kappa shape index (κ2) is 9.95. The van der Waals surface area contributed by atoms with Gasteiger partial charge in [0.25, 0.3) is 11.8 Å². The molecule has 0 aromatic heterocycles. The van der Waals surface area contributed by atoms with E-state index in [4.69, 9.17) is 10.5 Å². The Morgan fingerprint density at radius 1 is 1.15 bits per heavy atom. The fraction of sp³-hybridized carbons (Fsp3) is 0.600. The first-order valence-electron chi connectivity index (χ1n) is 9.28. The van der Waals surface area contributed by atoms with Crippen LogP contribution in [0.5, 0.6) is 5.75 Å². The van der Waals surface area contributed by atoms with Crippen molar-refractivity contribution in [1.82, 2.24) is 10.2 Å². The van der Waals surface area contributed by atoms with Crippen molar-refractivity contribution in [2.45, 2.75) is 52.5 Å². The van der Waals surface area contributed by atoms with E-state index >= 15 is 0 Å². The first-order chi connectivity index (χ1) is 12.2. The van der Waals surface area contributed by atoms with Gasteiger partial charge in [-0.3, -0.25) is 9.59 Å². The van der Waals surface area contributed by atoms with E-state index in [-0.39, 0.29) is 30.8 Å². The van der Waals surface area contributed by atoms with Crippen LogP contribution in [0.4, 0.5) is 0 Å². The van der Waals surface area contributed by atoms with Crippen molar-refractivity contribution >= 4 is 24.2 Å². The molecule has 3 N–H and O–H groups in total. The van der Waals surface area contributed by atoms with Crippen molar-refractivity contribution in [3.8, 4) is 5.75 Å². The molecule has 1 saturated heterocycles. The highest BCUT2D eigenvalue weighted by Gasteiger charge is 2.21. The highest BCUT2D eigenvalue weighted by atomic mass is 35.5. The van der Waals surface area contributed by atoms with E-state index in [1.807, 2.05) is 32.6 Å². The van der Waals surface area contributed by atoms with Gasteiger partial charge in [-0.05, 0) is 70.2 Å². The average Bonchev–Trinajstić information content (AvgIpc) is 2.61. The molecule has 2 rings (SSSR count). The molecule has 1 aromatic carbocycles. The van der Waals surface area contributed by atoms with Gasteiger partial charge in [-0.1, -0.05) is 0 Å². The standard InChI is InChI=1S/C20H31N3O3.ClH/c1-14-10-16(19(25)22-20(3,4)13-21)11-15(2)18(14)26-12-17(24)23-8-6-5-7-9-23;/h10-11H,5-9,12-13,21H2,1-4H3,(H,22,25);1H. The van der Waals surface area contributed by atoms with Gasteiger partial charge in [-0.15, -0.1) is 12.4 Å². The molecule has 1 fully saturated rings. The molecule has 0 radical (unpaired) electrons. The van der Waals surface area contributed by atoms with Gasteiger partial charge in [0.2, 0.25) is 0 Å². The molecule has 6 nitrogen and oxygen atoms in total. The molecule has 1 aliphatic heterocycles. The lowest BCUT2D eigenvalue weighted by Gasteiger charge is -2.27. The molecule has 0 bridgehead atoms. The number of benzene rings is 1. The fourth-order valence-corrected chi connectivity index (χ4v) is 3.11. The normalized spacial score (nSPS) is 14.3. The molecule has 2 amide bonds. The van der Waals surface area contributed by atoms with Gasteiger partial charge in [0.05, 0.1) is 0 Å². The molecule has 1 heterocycles. The maximum absolute atomic E-state index is 12.4. The van der Waals surface area contributed by atoms with Crippen LogP contribution in [0.15, 0.2) is 12.1 Å².